The topological polar surface area (TPSA) is 61.4 Å². The fourth-order valence-electron chi connectivity index (χ4n) is 2.89. The summed E-state index contributed by atoms with van der Waals surface area (Å²) in [6, 6.07) is 19.2. The zero-order valence-corrected chi connectivity index (χ0v) is 13.0. The van der Waals surface area contributed by atoms with Crippen molar-refractivity contribution in [2.45, 2.75) is 24.3 Å². The molecule has 1 saturated carbocycles. The van der Waals surface area contributed by atoms with Crippen LogP contribution in [0.1, 0.15) is 30.0 Å². The predicted octanol–water partition coefficient (Wildman–Crippen LogP) is 2.75. The molecule has 0 heterocycles. The number of carbonyl (C=O) groups excluding carboxylic acids is 1. The zero-order valence-electron chi connectivity index (χ0n) is 13.0. The fourth-order valence-corrected chi connectivity index (χ4v) is 2.89. The van der Waals surface area contributed by atoms with Crippen molar-refractivity contribution in [3.8, 4) is 0 Å². The predicted molar refractivity (Wildman–Crippen MR) is 90.2 cm³/mol. The van der Waals surface area contributed by atoms with Crippen LogP contribution >= 0.6 is 0 Å². The maximum absolute atomic E-state index is 12.2. The summed E-state index contributed by atoms with van der Waals surface area (Å²) in [5, 5.41) is 15.3. The molecule has 4 heteroatoms. The van der Waals surface area contributed by atoms with Crippen molar-refractivity contribution in [2.75, 3.05) is 13.2 Å². The van der Waals surface area contributed by atoms with Crippen molar-refractivity contribution in [2.24, 2.45) is 0 Å². The fraction of sp³-hybridized carbons (Fsp3) is 0.316. The van der Waals surface area contributed by atoms with Gasteiger partial charge in [0.05, 0.1) is 12.6 Å². The minimum Gasteiger partial charge on any atom is -0.394 e. The molecule has 4 nitrogen and oxygen atoms in total. The number of amides is 2. The Morgan fingerprint density at radius 1 is 1.04 bits per heavy atom. The third-order valence-electron chi connectivity index (χ3n) is 4.52. The van der Waals surface area contributed by atoms with Gasteiger partial charge in [0.15, 0.2) is 0 Å². The van der Waals surface area contributed by atoms with E-state index in [1.165, 1.54) is 5.56 Å². The minimum absolute atomic E-state index is 0.0834. The van der Waals surface area contributed by atoms with Gasteiger partial charge in [-0.1, -0.05) is 60.7 Å². The van der Waals surface area contributed by atoms with Gasteiger partial charge in [0.25, 0.3) is 0 Å². The third-order valence-corrected chi connectivity index (χ3v) is 4.52. The van der Waals surface area contributed by atoms with Crippen molar-refractivity contribution in [1.29, 1.82) is 0 Å². The average Bonchev–Trinajstić information content (AvgIpc) is 3.41. The summed E-state index contributed by atoms with van der Waals surface area (Å²) >= 11 is 0. The average molecular weight is 310 g/mol. The van der Waals surface area contributed by atoms with Gasteiger partial charge in [-0.05, 0) is 24.0 Å². The number of carbonyl (C=O) groups is 1. The molecule has 3 rings (SSSR count). The van der Waals surface area contributed by atoms with Crippen molar-refractivity contribution in [3.63, 3.8) is 0 Å². The van der Waals surface area contributed by atoms with E-state index in [9.17, 15) is 9.90 Å². The molecule has 0 spiro atoms. The van der Waals surface area contributed by atoms with Gasteiger partial charge in [0.1, 0.15) is 0 Å². The van der Waals surface area contributed by atoms with E-state index in [-0.39, 0.29) is 24.1 Å². The van der Waals surface area contributed by atoms with E-state index in [1.54, 1.807) is 0 Å². The number of nitrogens with one attached hydrogen (secondary N) is 2. The molecule has 0 aromatic heterocycles. The molecule has 0 bridgehead atoms. The van der Waals surface area contributed by atoms with Gasteiger partial charge in [0, 0.05) is 12.0 Å². The van der Waals surface area contributed by atoms with E-state index in [1.807, 2.05) is 48.5 Å². The van der Waals surface area contributed by atoms with Gasteiger partial charge in [-0.2, -0.15) is 0 Å². The summed E-state index contributed by atoms with van der Waals surface area (Å²) in [6.45, 7) is 0.497. The second-order valence-corrected chi connectivity index (χ2v) is 6.12. The first-order chi connectivity index (χ1) is 11.2. The lowest BCUT2D eigenvalue weighted by atomic mass is 9.96. The Labute approximate surface area is 136 Å². The molecule has 0 radical (unpaired) electrons. The smallest absolute Gasteiger partial charge is 0.315 e. The molecule has 3 N–H and O–H groups in total. The van der Waals surface area contributed by atoms with Gasteiger partial charge in [-0.25, -0.2) is 4.79 Å². The Morgan fingerprint density at radius 3 is 2.22 bits per heavy atom. The Hall–Kier alpha value is -2.33. The van der Waals surface area contributed by atoms with Crippen LogP contribution in [0.4, 0.5) is 4.79 Å². The van der Waals surface area contributed by atoms with E-state index in [2.05, 4.69) is 22.8 Å². The van der Waals surface area contributed by atoms with E-state index in [0.29, 0.717) is 6.54 Å². The highest BCUT2D eigenvalue weighted by molar-refractivity contribution is 5.74. The highest BCUT2D eigenvalue weighted by Crippen LogP contribution is 2.47. The quantitative estimate of drug-likeness (QED) is 0.768. The lowest BCUT2D eigenvalue weighted by Gasteiger charge is -2.20. The van der Waals surface area contributed by atoms with Crippen LogP contribution in [0.15, 0.2) is 60.7 Å². The zero-order chi connectivity index (χ0) is 16.1. The van der Waals surface area contributed by atoms with Gasteiger partial charge in [-0.3, -0.25) is 0 Å². The first kappa shape index (κ1) is 15.6. The minimum atomic E-state index is -0.386. The molecule has 0 saturated heterocycles. The molecule has 2 amide bonds. The van der Waals surface area contributed by atoms with E-state index in [4.69, 9.17) is 0 Å². The maximum Gasteiger partial charge on any atom is 0.315 e. The molecule has 23 heavy (non-hydrogen) atoms. The molecule has 1 aliphatic rings. The van der Waals surface area contributed by atoms with Crippen LogP contribution in [0.5, 0.6) is 0 Å². The van der Waals surface area contributed by atoms with E-state index in [0.717, 1.165) is 18.4 Å². The SMILES string of the molecule is O=C(NCC1(c2ccccc2)CC1)NC(CO)c1ccccc1. The Morgan fingerprint density at radius 2 is 1.65 bits per heavy atom. The first-order valence-corrected chi connectivity index (χ1v) is 7.99. The van der Waals surface area contributed by atoms with Crippen LogP contribution in [0.3, 0.4) is 0 Å². The lowest BCUT2D eigenvalue weighted by molar-refractivity contribution is 0.216. The van der Waals surface area contributed by atoms with E-state index < -0.39 is 0 Å². The van der Waals surface area contributed by atoms with Crippen LogP contribution in [0, 0.1) is 0 Å². The number of urea groups is 1. The molecule has 1 fully saturated rings. The number of aliphatic hydroxyl groups excluding tert-OH is 1. The van der Waals surface area contributed by atoms with Gasteiger partial charge >= 0.3 is 6.03 Å². The number of rotatable bonds is 6. The second kappa shape index (κ2) is 6.84. The largest absolute Gasteiger partial charge is 0.394 e. The molecule has 1 aliphatic carbocycles. The summed E-state index contributed by atoms with van der Waals surface area (Å²) in [5.74, 6) is 0. The Bertz CT molecular complexity index is 639. The summed E-state index contributed by atoms with van der Waals surface area (Å²) in [6.07, 6.45) is 2.19. The van der Waals surface area contributed by atoms with Crippen molar-refractivity contribution < 1.29 is 9.90 Å². The molecule has 120 valence electrons. The summed E-state index contributed by atoms with van der Waals surface area (Å²) < 4.78 is 0. The van der Waals surface area contributed by atoms with Crippen LogP contribution < -0.4 is 10.6 Å². The Balaban J connectivity index is 1.56. The summed E-state index contributed by atoms with van der Waals surface area (Å²) in [5.41, 5.74) is 2.26. The second-order valence-electron chi connectivity index (χ2n) is 6.12. The summed E-state index contributed by atoms with van der Waals surface area (Å²) in [4.78, 5) is 12.2. The third kappa shape index (κ3) is 3.71. The van der Waals surface area contributed by atoms with Crippen molar-refractivity contribution in [1.82, 2.24) is 10.6 Å². The molecular weight excluding hydrogens is 288 g/mol. The highest BCUT2D eigenvalue weighted by Gasteiger charge is 2.44. The van der Waals surface area contributed by atoms with Gasteiger partial charge in [0.2, 0.25) is 0 Å². The maximum atomic E-state index is 12.2. The van der Waals surface area contributed by atoms with Gasteiger partial charge in [-0.15, -0.1) is 0 Å². The van der Waals surface area contributed by atoms with Crippen LogP contribution in [0.25, 0.3) is 0 Å². The number of hydrogen-bond acceptors (Lipinski definition) is 2. The van der Waals surface area contributed by atoms with Crippen LogP contribution in [-0.2, 0) is 5.41 Å². The molecule has 1 atom stereocenters. The molecule has 2 aromatic carbocycles. The van der Waals surface area contributed by atoms with Crippen molar-refractivity contribution >= 4 is 6.03 Å². The van der Waals surface area contributed by atoms with Crippen LogP contribution in [-0.4, -0.2) is 24.3 Å². The first-order valence-electron chi connectivity index (χ1n) is 7.99. The van der Waals surface area contributed by atoms with Crippen molar-refractivity contribution in [3.05, 3.63) is 71.8 Å². The molecule has 0 aliphatic heterocycles. The molecule has 2 aromatic rings. The Kier molecular flexibility index (Phi) is 4.63. The highest BCUT2D eigenvalue weighted by atomic mass is 16.3. The summed E-state index contributed by atoms with van der Waals surface area (Å²) in [7, 11) is 0. The number of aliphatic hydroxyl groups is 1. The lowest BCUT2D eigenvalue weighted by Crippen LogP contribution is -2.42. The van der Waals surface area contributed by atoms with Crippen LogP contribution in [0.2, 0.25) is 0 Å². The molecular formula is C19H22N2O2. The number of benzene rings is 2. The standard InChI is InChI=1S/C19H22N2O2/c22-13-17(15-7-3-1-4-8-15)21-18(23)20-14-19(11-12-19)16-9-5-2-6-10-16/h1-10,17,22H,11-14H2,(H2,20,21,23). The van der Waals surface area contributed by atoms with Gasteiger partial charge < -0.3 is 15.7 Å². The molecule has 1 unspecified atom stereocenters. The normalized spacial score (nSPS) is 16.4. The monoisotopic (exact) mass is 310 g/mol. The number of hydrogen-bond donors (Lipinski definition) is 3. The van der Waals surface area contributed by atoms with E-state index >= 15 is 0 Å².